The van der Waals surface area contributed by atoms with Crippen LogP contribution in [0.4, 0.5) is 4.39 Å². The van der Waals surface area contributed by atoms with Gasteiger partial charge >= 0.3 is 0 Å². The minimum atomic E-state index is -0.211. The van der Waals surface area contributed by atoms with Crippen LogP contribution < -0.4 is 5.32 Å². The summed E-state index contributed by atoms with van der Waals surface area (Å²) in [6.07, 6.45) is 0. The Kier molecular flexibility index (Phi) is 4.55. The predicted octanol–water partition coefficient (Wildman–Crippen LogP) is 3.37. The Morgan fingerprint density at radius 3 is 2.60 bits per heavy atom. The molecule has 0 aliphatic carbocycles. The third-order valence-electron chi connectivity index (χ3n) is 3.15. The van der Waals surface area contributed by atoms with E-state index in [1.807, 2.05) is 24.6 Å². The Morgan fingerprint density at radius 2 is 2.00 bits per heavy atom. The van der Waals surface area contributed by atoms with E-state index in [4.69, 9.17) is 0 Å². The van der Waals surface area contributed by atoms with Gasteiger partial charge in [0.15, 0.2) is 0 Å². The Morgan fingerprint density at radius 1 is 1.25 bits per heavy atom. The number of hydrogen-bond acceptors (Lipinski definition) is 2. The molecule has 0 fully saturated rings. The largest absolute Gasteiger partial charge is 0.312 e. The number of aromatic nitrogens is 2. The average Bonchev–Trinajstić information content (AvgIpc) is 2.68. The fourth-order valence-corrected chi connectivity index (χ4v) is 2.27. The van der Waals surface area contributed by atoms with Gasteiger partial charge in [-0.3, -0.25) is 0 Å². The topological polar surface area (TPSA) is 29.9 Å². The lowest BCUT2D eigenvalue weighted by Gasteiger charge is -2.13. The first kappa shape index (κ1) is 14.7. The molecule has 3 nitrogen and oxygen atoms in total. The van der Waals surface area contributed by atoms with Crippen molar-refractivity contribution < 1.29 is 4.39 Å². The SMILES string of the molecule is Cc1cc(C)n(-c2ccc(F)cc2CNCC(C)C)n1. The normalized spacial score (nSPS) is 11.3. The number of rotatable bonds is 5. The van der Waals surface area contributed by atoms with Crippen molar-refractivity contribution in [1.29, 1.82) is 0 Å². The van der Waals surface area contributed by atoms with Gasteiger partial charge in [0.05, 0.1) is 11.4 Å². The zero-order chi connectivity index (χ0) is 14.7. The van der Waals surface area contributed by atoms with Crippen LogP contribution in [0.2, 0.25) is 0 Å². The van der Waals surface area contributed by atoms with E-state index >= 15 is 0 Å². The lowest BCUT2D eigenvalue weighted by Crippen LogP contribution is -2.20. The second-order valence-corrected chi connectivity index (χ2v) is 5.64. The highest BCUT2D eigenvalue weighted by atomic mass is 19.1. The van der Waals surface area contributed by atoms with Crippen LogP contribution >= 0.6 is 0 Å². The first-order valence-electron chi connectivity index (χ1n) is 7.00. The van der Waals surface area contributed by atoms with Gasteiger partial charge in [0.2, 0.25) is 0 Å². The van der Waals surface area contributed by atoms with Crippen LogP contribution in [0.25, 0.3) is 5.69 Å². The van der Waals surface area contributed by atoms with E-state index in [-0.39, 0.29) is 5.82 Å². The molecule has 0 unspecified atom stereocenters. The van der Waals surface area contributed by atoms with E-state index in [1.54, 1.807) is 12.1 Å². The molecule has 4 heteroatoms. The first-order valence-corrected chi connectivity index (χ1v) is 7.00. The predicted molar refractivity (Wildman–Crippen MR) is 79.5 cm³/mol. The lowest BCUT2D eigenvalue weighted by atomic mass is 10.1. The molecule has 1 aromatic heterocycles. The highest BCUT2D eigenvalue weighted by Gasteiger charge is 2.10. The summed E-state index contributed by atoms with van der Waals surface area (Å²) in [7, 11) is 0. The summed E-state index contributed by atoms with van der Waals surface area (Å²) in [5, 5.41) is 7.84. The van der Waals surface area contributed by atoms with E-state index in [9.17, 15) is 4.39 Å². The monoisotopic (exact) mass is 275 g/mol. The highest BCUT2D eigenvalue weighted by molar-refractivity contribution is 5.42. The molecular formula is C16H22FN3. The van der Waals surface area contributed by atoms with Crippen molar-refractivity contribution in [1.82, 2.24) is 15.1 Å². The standard InChI is InChI=1S/C16H22FN3/c1-11(2)9-18-10-14-8-15(17)5-6-16(14)20-13(4)7-12(3)19-20/h5-8,11,18H,9-10H2,1-4H3. The summed E-state index contributed by atoms with van der Waals surface area (Å²) in [5.74, 6) is 0.359. The molecule has 0 saturated carbocycles. The molecule has 1 heterocycles. The number of aryl methyl sites for hydroxylation is 2. The van der Waals surface area contributed by atoms with Gasteiger partial charge in [-0.15, -0.1) is 0 Å². The van der Waals surface area contributed by atoms with Crippen LogP contribution in [-0.4, -0.2) is 16.3 Å². The van der Waals surface area contributed by atoms with E-state index in [2.05, 4.69) is 24.3 Å². The van der Waals surface area contributed by atoms with Crippen molar-refractivity contribution in [3.63, 3.8) is 0 Å². The minimum Gasteiger partial charge on any atom is -0.312 e. The van der Waals surface area contributed by atoms with Gasteiger partial charge in [0.25, 0.3) is 0 Å². The van der Waals surface area contributed by atoms with Gasteiger partial charge in [-0.05, 0) is 56.1 Å². The van der Waals surface area contributed by atoms with E-state index in [0.29, 0.717) is 12.5 Å². The maximum atomic E-state index is 13.5. The zero-order valence-electron chi connectivity index (χ0n) is 12.6. The van der Waals surface area contributed by atoms with Crippen molar-refractivity contribution in [2.75, 3.05) is 6.54 Å². The van der Waals surface area contributed by atoms with Crippen LogP contribution in [0.5, 0.6) is 0 Å². The molecule has 0 amide bonds. The minimum absolute atomic E-state index is 0.211. The van der Waals surface area contributed by atoms with Crippen LogP contribution in [0, 0.1) is 25.6 Å². The molecule has 0 bridgehead atoms. The summed E-state index contributed by atoms with van der Waals surface area (Å²) in [4.78, 5) is 0. The summed E-state index contributed by atoms with van der Waals surface area (Å²) >= 11 is 0. The Labute approximate surface area is 119 Å². The van der Waals surface area contributed by atoms with Gasteiger partial charge in [-0.2, -0.15) is 5.10 Å². The van der Waals surface area contributed by atoms with Crippen molar-refractivity contribution in [3.8, 4) is 5.69 Å². The molecule has 0 saturated heterocycles. The molecule has 2 aromatic rings. The van der Waals surface area contributed by atoms with Crippen LogP contribution in [-0.2, 0) is 6.54 Å². The van der Waals surface area contributed by atoms with Crippen LogP contribution in [0.15, 0.2) is 24.3 Å². The number of benzene rings is 1. The van der Waals surface area contributed by atoms with Gasteiger partial charge in [0, 0.05) is 12.2 Å². The van der Waals surface area contributed by atoms with E-state index < -0.39 is 0 Å². The van der Waals surface area contributed by atoms with E-state index in [1.165, 1.54) is 6.07 Å². The van der Waals surface area contributed by atoms with Gasteiger partial charge in [0.1, 0.15) is 5.82 Å². The maximum Gasteiger partial charge on any atom is 0.123 e. The number of nitrogens with one attached hydrogen (secondary N) is 1. The quantitative estimate of drug-likeness (QED) is 0.906. The molecule has 0 spiro atoms. The molecule has 20 heavy (non-hydrogen) atoms. The van der Waals surface area contributed by atoms with Crippen molar-refractivity contribution in [2.24, 2.45) is 5.92 Å². The summed E-state index contributed by atoms with van der Waals surface area (Å²) in [5.41, 5.74) is 3.89. The van der Waals surface area contributed by atoms with Crippen molar-refractivity contribution in [3.05, 3.63) is 47.0 Å². The zero-order valence-corrected chi connectivity index (χ0v) is 12.6. The van der Waals surface area contributed by atoms with Gasteiger partial charge < -0.3 is 5.32 Å². The van der Waals surface area contributed by atoms with Crippen molar-refractivity contribution in [2.45, 2.75) is 34.2 Å². The second kappa shape index (κ2) is 6.18. The Bertz CT molecular complexity index is 587. The third kappa shape index (κ3) is 3.45. The third-order valence-corrected chi connectivity index (χ3v) is 3.15. The molecule has 2 rings (SSSR count). The molecule has 0 aliphatic rings. The summed E-state index contributed by atoms with van der Waals surface area (Å²) in [6, 6.07) is 6.88. The molecule has 1 aromatic carbocycles. The van der Waals surface area contributed by atoms with Crippen LogP contribution in [0.3, 0.4) is 0 Å². The maximum absolute atomic E-state index is 13.5. The van der Waals surface area contributed by atoms with E-state index in [0.717, 1.165) is 29.2 Å². The highest BCUT2D eigenvalue weighted by Crippen LogP contribution is 2.18. The number of nitrogens with zero attached hydrogens (tertiary/aromatic N) is 2. The molecule has 0 radical (unpaired) electrons. The Balaban J connectivity index is 2.30. The first-order chi connectivity index (χ1) is 9.47. The lowest BCUT2D eigenvalue weighted by molar-refractivity contribution is 0.548. The second-order valence-electron chi connectivity index (χ2n) is 5.64. The Hall–Kier alpha value is -1.68. The smallest absolute Gasteiger partial charge is 0.123 e. The summed E-state index contributed by atoms with van der Waals surface area (Å²) in [6.45, 7) is 9.83. The van der Waals surface area contributed by atoms with Gasteiger partial charge in [-0.1, -0.05) is 13.8 Å². The molecular weight excluding hydrogens is 253 g/mol. The molecule has 108 valence electrons. The fraction of sp³-hybridized carbons (Fsp3) is 0.438. The molecule has 0 aliphatic heterocycles. The van der Waals surface area contributed by atoms with Crippen LogP contribution in [0.1, 0.15) is 30.8 Å². The number of halogens is 1. The number of hydrogen-bond donors (Lipinski definition) is 1. The molecule has 0 atom stereocenters. The van der Waals surface area contributed by atoms with Crippen molar-refractivity contribution >= 4 is 0 Å². The molecule has 1 N–H and O–H groups in total. The fourth-order valence-electron chi connectivity index (χ4n) is 2.27. The average molecular weight is 275 g/mol. The summed E-state index contributed by atoms with van der Waals surface area (Å²) < 4.78 is 15.4. The van der Waals surface area contributed by atoms with Gasteiger partial charge in [-0.25, -0.2) is 9.07 Å².